The van der Waals surface area contributed by atoms with Crippen molar-refractivity contribution in [2.45, 2.75) is 31.3 Å². The number of ether oxygens (including phenoxy) is 1. The van der Waals surface area contributed by atoms with E-state index in [9.17, 15) is 8.42 Å². The summed E-state index contributed by atoms with van der Waals surface area (Å²) >= 11 is 0. The van der Waals surface area contributed by atoms with Gasteiger partial charge in [0.05, 0.1) is 7.11 Å². The van der Waals surface area contributed by atoms with Gasteiger partial charge in [0.2, 0.25) is 0 Å². The first kappa shape index (κ1) is 19.0. The van der Waals surface area contributed by atoms with Crippen LogP contribution in [0.2, 0.25) is 0 Å². The molecule has 0 aliphatic carbocycles. The van der Waals surface area contributed by atoms with Crippen LogP contribution in [-0.4, -0.2) is 49.6 Å². The molecule has 2 aliphatic rings. The van der Waals surface area contributed by atoms with Crippen LogP contribution in [0.25, 0.3) is 0 Å². The van der Waals surface area contributed by atoms with Crippen molar-refractivity contribution in [3.63, 3.8) is 0 Å². The number of likely N-dealkylation sites (N-methyl/N-ethyl adjacent to an activating group) is 1. The molecule has 2 aliphatic heterocycles. The number of hydrogen-bond acceptors (Lipinski definition) is 5. The first-order valence-corrected chi connectivity index (χ1v) is 11.0. The van der Waals surface area contributed by atoms with Gasteiger partial charge in [0.1, 0.15) is 17.1 Å². The van der Waals surface area contributed by atoms with Crippen LogP contribution < -0.4 is 4.74 Å². The number of nitrogens with zero attached hydrogens (tertiary/aromatic N) is 3. The summed E-state index contributed by atoms with van der Waals surface area (Å²) in [4.78, 5) is 4.09. The highest BCUT2D eigenvalue weighted by Gasteiger charge is 2.77. The molecule has 0 N–H and O–H groups in total. The predicted octanol–water partition coefficient (Wildman–Crippen LogP) is 2.82. The van der Waals surface area contributed by atoms with Crippen molar-refractivity contribution in [2.24, 2.45) is 4.40 Å². The van der Waals surface area contributed by atoms with Crippen molar-refractivity contribution in [3.05, 3.63) is 65.7 Å². The number of sulfonamides is 1. The van der Waals surface area contributed by atoms with Crippen LogP contribution in [0.3, 0.4) is 0 Å². The molecule has 2 aromatic carbocycles. The molecule has 7 heteroatoms. The molecule has 0 radical (unpaired) electrons. The lowest BCUT2D eigenvalue weighted by atomic mass is 9.96. The summed E-state index contributed by atoms with van der Waals surface area (Å²) in [5.74, 6) is 1.37. The highest BCUT2D eigenvalue weighted by Crippen LogP contribution is 2.59. The SMILES string of the molecule is CCN(CC)C1=NS(=O)(=O)[C@H]2N(Cc3ccccc3)[C@@]12c1ccc(OC)cc1. The third kappa shape index (κ3) is 2.72. The molecule has 6 nitrogen and oxygen atoms in total. The predicted molar refractivity (Wildman–Crippen MR) is 110 cm³/mol. The minimum absolute atomic E-state index is 0.553. The van der Waals surface area contributed by atoms with E-state index >= 15 is 0 Å². The van der Waals surface area contributed by atoms with E-state index in [1.54, 1.807) is 7.11 Å². The van der Waals surface area contributed by atoms with Crippen LogP contribution in [-0.2, 0) is 22.1 Å². The van der Waals surface area contributed by atoms with Gasteiger partial charge in [-0.1, -0.05) is 42.5 Å². The van der Waals surface area contributed by atoms with Gasteiger partial charge in [0, 0.05) is 19.6 Å². The number of rotatable bonds is 6. The maximum Gasteiger partial charge on any atom is 0.273 e. The van der Waals surface area contributed by atoms with Gasteiger partial charge in [-0.2, -0.15) is 0 Å². The fourth-order valence-corrected chi connectivity index (χ4v) is 6.17. The summed E-state index contributed by atoms with van der Waals surface area (Å²) < 4.78 is 35.4. The second-order valence-electron chi connectivity index (χ2n) is 7.06. The molecule has 2 aromatic rings. The lowest BCUT2D eigenvalue weighted by Gasteiger charge is -2.28. The quantitative estimate of drug-likeness (QED) is 0.699. The van der Waals surface area contributed by atoms with Crippen LogP contribution in [0.4, 0.5) is 0 Å². The van der Waals surface area contributed by atoms with Gasteiger partial charge in [0.15, 0.2) is 5.37 Å². The summed E-state index contributed by atoms with van der Waals surface area (Å²) in [5, 5.41) is -0.663. The van der Waals surface area contributed by atoms with Crippen molar-refractivity contribution in [1.29, 1.82) is 0 Å². The summed E-state index contributed by atoms with van der Waals surface area (Å²) in [7, 11) is -1.99. The molecule has 0 aromatic heterocycles. The van der Waals surface area contributed by atoms with Crippen molar-refractivity contribution in [2.75, 3.05) is 20.2 Å². The minimum Gasteiger partial charge on any atom is -0.497 e. The Morgan fingerprint density at radius 2 is 1.71 bits per heavy atom. The normalized spacial score (nSPS) is 27.0. The van der Waals surface area contributed by atoms with Gasteiger partial charge >= 0.3 is 0 Å². The van der Waals surface area contributed by atoms with Crippen molar-refractivity contribution in [1.82, 2.24) is 9.80 Å². The monoisotopic (exact) mass is 399 g/mol. The largest absolute Gasteiger partial charge is 0.497 e. The molecule has 1 fully saturated rings. The zero-order valence-electron chi connectivity index (χ0n) is 16.4. The fraction of sp³-hybridized carbons (Fsp3) is 0.381. The molecule has 148 valence electrons. The van der Waals surface area contributed by atoms with E-state index in [1.807, 2.05) is 78.2 Å². The topological polar surface area (TPSA) is 62.0 Å². The third-order valence-electron chi connectivity index (χ3n) is 5.65. The minimum atomic E-state index is -3.62. The van der Waals surface area contributed by atoms with E-state index in [1.165, 1.54) is 0 Å². The number of fused-ring (bicyclic) bond motifs is 1. The number of methoxy groups -OCH3 is 1. The molecule has 3 atom stereocenters. The molecule has 1 saturated heterocycles. The summed E-state index contributed by atoms with van der Waals surface area (Å²) in [6.45, 7) is 6.01. The Labute approximate surface area is 166 Å². The Hall–Kier alpha value is -2.38. The number of benzene rings is 2. The Morgan fingerprint density at radius 3 is 2.29 bits per heavy atom. The first-order chi connectivity index (χ1) is 13.5. The smallest absolute Gasteiger partial charge is 0.273 e. The molecule has 4 rings (SSSR count). The van der Waals surface area contributed by atoms with Gasteiger partial charge in [-0.15, -0.1) is 4.40 Å². The second kappa shape index (κ2) is 6.90. The summed E-state index contributed by atoms with van der Waals surface area (Å²) in [5.41, 5.74) is 1.27. The molecule has 0 saturated carbocycles. The molecule has 2 heterocycles. The van der Waals surface area contributed by atoms with E-state index < -0.39 is 20.9 Å². The van der Waals surface area contributed by atoms with E-state index in [2.05, 4.69) is 4.40 Å². The average Bonchev–Trinajstić information content (AvgIpc) is 3.31. The maximum atomic E-state index is 13.0. The zero-order chi connectivity index (χ0) is 19.9. The lowest BCUT2D eigenvalue weighted by Crippen LogP contribution is -2.41. The van der Waals surface area contributed by atoms with Gasteiger partial charge in [-0.25, -0.2) is 8.42 Å². The van der Waals surface area contributed by atoms with E-state index in [4.69, 9.17) is 4.74 Å². The Kier molecular flexibility index (Phi) is 4.67. The Morgan fingerprint density at radius 1 is 1.07 bits per heavy atom. The summed E-state index contributed by atoms with van der Waals surface area (Å²) in [6, 6.07) is 17.6. The van der Waals surface area contributed by atoms with Crippen molar-refractivity contribution >= 4 is 15.9 Å². The molecule has 1 unspecified atom stereocenters. The number of hydrogen-bond donors (Lipinski definition) is 0. The Bertz CT molecular complexity index is 985. The highest BCUT2D eigenvalue weighted by atomic mass is 32.2. The van der Waals surface area contributed by atoms with Gasteiger partial charge in [0.25, 0.3) is 10.0 Å². The van der Waals surface area contributed by atoms with E-state index in [0.29, 0.717) is 25.5 Å². The third-order valence-corrected chi connectivity index (χ3v) is 7.24. The molecule has 0 bridgehead atoms. The van der Waals surface area contributed by atoms with Gasteiger partial charge < -0.3 is 9.64 Å². The maximum absolute atomic E-state index is 13.0. The highest BCUT2D eigenvalue weighted by molar-refractivity contribution is 7.91. The van der Waals surface area contributed by atoms with E-state index in [-0.39, 0.29) is 0 Å². The van der Waals surface area contributed by atoms with Crippen molar-refractivity contribution < 1.29 is 13.2 Å². The van der Waals surface area contributed by atoms with Crippen molar-refractivity contribution in [3.8, 4) is 5.75 Å². The van der Waals surface area contributed by atoms with Crippen LogP contribution >= 0.6 is 0 Å². The van der Waals surface area contributed by atoms with Gasteiger partial charge in [-0.05, 0) is 37.1 Å². The average molecular weight is 400 g/mol. The molecular formula is C21H25N3O3S. The summed E-state index contributed by atoms with van der Waals surface area (Å²) in [6.07, 6.45) is 0. The lowest BCUT2D eigenvalue weighted by molar-refractivity contribution is 0.395. The van der Waals surface area contributed by atoms with Crippen LogP contribution in [0.1, 0.15) is 25.0 Å². The molecule has 0 spiro atoms. The molecular weight excluding hydrogens is 374 g/mol. The van der Waals surface area contributed by atoms with Crippen LogP contribution in [0, 0.1) is 0 Å². The molecule has 0 amide bonds. The zero-order valence-corrected chi connectivity index (χ0v) is 17.2. The van der Waals surface area contributed by atoms with Crippen LogP contribution in [0.15, 0.2) is 59.0 Å². The van der Waals surface area contributed by atoms with Crippen LogP contribution in [0.5, 0.6) is 5.75 Å². The molecule has 28 heavy (non-hydrogen) atoms. The first-order valence-electron chi connectivity index (χ1n) is 9.53. The second-order valence-corrected chi connectivity index (χ2v) is 8.72. The standard InChI is InChI=1S/C21H25N3O3S/c1-4-23(5-2)19-21(17-11-13-18(27-3)14-12-17)20(28(25,26)22-19)24(21)15-16-9-7-6-8-10-16/h6-14,20H,4-5,15H2,1-3H3/t20-,21+,24?/m1/s1. The van der Waals surface area contributed by atoms with E-state index in [0.717, 1.165) is 16.9 Å². The Balaban J connectivity index is 1.83. The fourth-order valence-electron chi connectivity index (χ4n) is 4.26. The number of amidine groups is 1. The van der Waals surface area contributed by atoms with Gasteiger partial charge in [-0.3, -0.25) is 4.90 Å².